The quantitative estimate of drug-likeness (QED) is 0.767. The van der Waals surface area contributed by atoms with Gasteiger partial charge in [-0.05, 0) is 5.56 Å². The first-order chi connectivity index (χ1) is 7.77. The molecule has 1 fully saturated rings. The molecule has 0 spiro atoms. The van der Waals surface area contributed by atoms with E-state index in [4.69, 9.17) is 4.74 Å². The molecule has 1 aliphatic heterocycles. The Hall–Kier alpha value is -1.39. The summed E-state index contributed by atoms with van der Waals surface area (Å²) in [4.78, 5) is 11.7. The lowest BCUT2D eigenvalue weighted by molar-refractivity contribution is -0.147. The summed E-state index contributed by atoms with van der Waals surface area (Å²) in [5.74, 6) is -0.00492. The van der Waals surface area contributed by atoms with Crippen LogP contribution in [0.1, 0.15) is 5.56 Å². The monoisotopic (exact) mass is 220 g/mol. The first-order valence-corrected chi connectivity index (χ1v) is 5.36. The molecule has 4 heteroatoms. The lowest BCUT2D eigenvalue weighted by atomic mass is 9.96. The van der Waals surface area contributed by atoms with E-state index < -0.39 is 5.54 Å². The number of likely N-dealkylation sites (N-methyl/N-ethyl adjacent to an activating group) is 1. The van der Waals surface area contributed by atoms with Gasteiger partial charge in [0.15, 0.2) is 0 Å². The van der Waals surface area contributed by atoms with Gasteiger partial charge in [0.25, 0.3) is 0 Å². The van der Waals surface area contributed by atoms with Crippen LogP contribution in [0, 0.1) is 0 Å². The van der Waals surface area contributed by atoms with Crippen LogP contribution in [-0.2, 0) is 16.1 Å². The zero-order valence-electron chi connectivity index (χ0n) is 9.32. The number of benzene rings is 1. The second-order valence-corrected chi connectivity index (χ2v) is 3.99. The number of rotatable bonds is 4. The van der Waals surface area contributed by atoms with Crippen LogP contribution >= 0.6 is 0 Å². The summed E-state index contributed by atoms with van der Waals surface area (Å²) in [6, 6.07) is 10.0. The van der Waals surface area contributed by atoms with Crippen molar-refractivity contribution in [1.29, 1.82) is 0 Å². The Morgan fingerprint density at radius 2 is 2.06 bits per heavy atom. The molecule has 0 saturated carbocycles. The zero-order chi connectivity index (χ0) is 11.4. The number of ether oxygens (including phenoxy) is 1. The minimum absolute atomic E-state index is 0.00492. The third-order valence-electron chi connectivity index (χ3n) is 2.83. The van der Waals surface area contributed by atoms with Gasteiger partial charge in [0.05, 0.1) is 13.2 Å². The molecule has 0 aliphatic carbocycles. The van der Waals surface area contributed by atoms with Crippen LogP contribution in [0.5, 0.6) is 0 Å². The van der Waals surface area contributed by atoms with E-state index in [-0.39, 0.29) is 5.91 Å². The van der Waals surface area contributed by atoms with E-state index in [0.717, 1.165) is 5.56 Å². The van der Waals surface area contributed by atoms with Gasteiger partial charge in [-0.1, -0.05) is 30.3 Å². The highest BCUT2D eigenvalue weighted by Gasteiger charge is 2.44. The number of hydrogen-bond acceptors (Lipinski definition) is 3. The molecule has 2 rings (SSSR count). The highest BCUT2D eigenvalue weighted by Crippen LogP contribution is 2.17. The lowest BCUT2D eigenvalue weighted by Crippen LogP contribution is -2.68. The molecule has 16 heavy (non-hydrogen) atoms. The van der Waals surface area contributed by atoms with Crippen LogP contribution in [0.3, 0.4) is 0 Å². The first-order valence-electron chi connectivity index (χ1n) is 5.36. The minimum Gasteiger partial charge on any atom is -0.376 e. The van der Waals surface area contributed by atoms with Crippen molar-refractivity contribution in [2.24, 2.45) is 0 Å². The molecule has 1 aromatic rings. The van der Waals surface area contributed by atoms with Gasteiger partial charge in [-0.25, -0.2) is 0 Å². The Bertz CT molecular complexity index is 361. The molecule has 1 aromatic carbocycles. The van der Waals surface area contributed by atoms with E-state index in [1.54, 1.807) is 7.05 Å². The van der Waals surface area contributed by atoms with Crippen molar-refractivity contribution in [3.05, 3.63) is 35.9 Å². The average molecular weight is 220 g/mol. The fraction of sp³-hybridized carbons (Fsp3) is 0.417. The third kappa shape index (κ3) is 2.08. The molecule has 86 valence electrons. The summed E-state index contributed by atoms with van der Waals surface area (Å²) >= 11 is 0. The number of nitrogens with one attached hydrogen (secondary N) is 2. The first kappa shape index (κ1) is 11.1. The molecule has 1 saturated heterocycles. The summed E-state index contributed by atoms with van der Waals surface area (Å²) in [5.41, 5.74) is 0.627. The molecule has 1 aliphatic rings. The summed E-state index contributed by atoms with van der Waals surface area (Å²) < 4.78 is 5.13. The fourth-order valence-electron chi connectivity index (χ4n) is 1.73. The summed E-state index contributed by atoms with van der Waals surface area (Å²) in [6.07, 6.45) is 0. The van der Waals surface area contributed by atoms with E-state index >= 15 is 0 Å². The topological polar surface area (TPSA) is 50.4 Å². The van der Waals surface area contributed by atoms with Gasteiger partial charge >= 0.3 is 0 Å². The van der Waals surface area contributed by atoms with Crippen LogP contribution in [0.2, 0.25) is 0 Å². The molecule has 0 aromatic heterocycles. The van der Waals surface area contributed by atoms with Crippen molar-refractivity contribution in [3.63, 3.8) is 0 Å². The van der Waals surface area contributed by atoms with Gasteiger partial charge in [-0.3, -0.25) is 10.1 Å². The zero-order valence-corrected chi connectivity index (χ0v) is 9.32. The predicted octanol–water partition coefficient (Wildman–Crippen LogP) is 0.291. The Kier molecular flexibility index (Phi) is 3.22. The van der Waals surface area contributed by atoms with Crippen LogP contribution in [-0.4, -0.2) is 31.7 Å². The van der Waals surface area contributed by atoms with E-state index in [0.29, 0.717) is 19.8 Å². The molecule has 1 amide bonds. The van der Waals surface area contributed by atoms with E-state index in [1.165, 1.54) is 0 Å². The van der Waals surface area contributed by atoms with Crippen molar-refractivity contribution in [1.82, 2.24) is 10.6 Å². The number of carbonyl (C=O) groups excluding carboxylic acids is 1. The van der Waals surface area contributed by atoms with Gasteiger partial charge in [0.2, 0.25) is 5.91 Å². The van der Waals surface area contributed by atoms with Crippen LogP contribution < -0.4 is 10.6 Å². The maximum Gasteiger partial charge on any atom is 0.244 e. The van der Waals surface area contributed by atoms with Crippen molar-refractivity contribution >= 4 is 5.91 Å². The maximum absolute atomic E-state index is 11.7. The SMILES string of the molecule is CNC(=O)C1(NCc2ccccc2)COC1. The van der Waals surface area contributed by atoms with E-state index in [2.05, 4.69) is 10.6 Å². The fourth-order valence-corrected chi connectivity index (χ4v) is 1.73. The van der Waals surface area contributed by atoms with E-state index in [9.17, 15) is 4.79 Å². The van der Waals surface area contributed by atoms with E-state index in [1.807, 2.05) is 30.3 Å². The molecular formula is C12H16N2O2. The van der Waals surface area contributed by atoms with Crippen molar-refractivity contribution in [2.75, 3.05) is 20.3 Å². The van der Waals surface area contributed by atoms with Crippen molar-refractivity contribution in [2.45, 2.75) is 12.1 Å². The molecule has 0 atom stereocenters. The third-order valence-corrected chi connectivity index (χ3v) is 2.83. The number of hydrogen-bond donors (Lipinski definition) is 2. The Labute approximate surface area is 95.0 Å². The maximum atomic E-state index is 11.7. The summed E-state index contributed by atoms with van der Waals surface area (Å²) in [7, 11) is 1.65. The largest absolute Gasteiger partial charge is 0.376 e. The summed E-state index contributed by atoms with van der Waals surface area (Å²) in [5, 5.41) is 5.93. The molecule has 0 radical (unpaired) electrons. The lowest BCUT2D eigenvalue weighted by Gasteiger charge is -2.40. The summed E-state index contributed by atoms with van der Waals surface area (Å²) in [6.45, 7) is 1.57. The highest BCUT2D eigenvalue weighted by atomic mass is 16.5. The standard InChI is InChI=1S/C12H16N2O2/c1-13-11(15)12(8-16-9-12)14-7-10-5-3-2-4-6-10/h2-6,14H,7-9H2,1H3,(H,13,15). The highest BCUT2D eigenvalue weighted by molar-refractivity contribution is 5.87. The predicted molar refractivity (Wildman–Crippen MR) is 60.9 cm³/mol. The van der Waals surface area contributed by atoms with Gasteiger partial charge in [0, 0.05) is 13.6 Å². The van der Waals surface area contributed by atoms with Crippen LogP contribution in [0.4, 0.5) is 0 Å². The van der Waals surface area contributed by atoms with Gasteiger partial charge in [-0.15, -0.1) is 0 Å². The normalized spacial score (nSPS) is 17.6. The Morgan fingerprint density at radius 3 is 2.56 bits per heavy atom. The second kappa shape index (κ2) is 4.63. The Balaban J connectivity index is 1.96. The average Bonchev–Trinajstić information content (AvgIpc) is 2.28. The molecule has 0 unspecified atom stereocenters. The van der Waals surface area contributed by atoms with Gasteiger partial charge < -0.3 is 10.1 Å². The van der Waals surface area contributed by atoms with Gasteiger partial charge in [-0.2, -0.15) is 0 Å². The minimum atomic E-state index is -0.537. The molecule has 4 nitrogen and oxygen atoms in total. The van der Waals surface area contributed by atoms with Crippen LogP contribution in [0.15, 0.2) is 30.3 Å². The molecular weight excluding hydrogens is 204 g/mol. The van der Waals surface area contributed by atoms with Gasteiger partial charge in [0.1, 0.15) is 5.54 Å². The smallest absolute Gasteiger partial charge is 0.244 e. The van der Waals surface area contributed by atoms with Crippen molar-refractivity contribution < 1.29 is 9.53 Å². The van der Waals surface area contributed by atoms with Crippen LogP contribution in [0.25, 0.3) is 0 Å². The number of amides is 1. The van der Waals surface area contributed by atoms with Crippen molar-refractivity contribution in [3.8, 4) is 0 Å². The second-order valence-electron chi connectivity index (χ2n) is 3.99. The molecule has 0 bridgehead atoms. The molecule has 1 heterocycles. The number of carbonyl (C=O) groups is 1. The Morgan fingerprint density at radius 1 is 1.38 bits per heavy atom. The molecule has 2 N–H and O–H groups in total.